The van der Waals surface area contributed by atoms with Crippen molar-refractivity contribution in [2.75, 3.05) is 0 Å². The van der Waals surface area contributed by atoms with Crippen LogP contribution in [-0.4, -0.2) is 5.29 Å². The van der Waals surface area contributed by atoms with Gasteiger partial charge in [0.05, 0.1) is 5.66 Å². The molecule has 0 spiro atoms. The second kappa shape index (κ2) is 8.03. The third-order valence-electron chi connectivity index (χ3n) is 5.17. The van der Waals surface area contributed by atoms with E-state index in [1.807, 2.05) is 0 Å². The van der Waals surface area contributed by atoms with Gasteiger partial charge in [0.25, 0.3) is 0 Å². The summed E-state index contributed by atoms with van der Waals surface area (Å²) < 4.78 is 0. The first-order valence-corrected chi connectivity index (χ1v) is 10.7. The molecule has 1 radical (unpaired) electrons. The fraction of sp³-hybridized carbons (Fsp3) is 0. The van der Waals surface area contributed by atoms with Crippen molar-refractivity contribution in [3.63, 3.8) is 0 Å². The molecule has 0 aromatic heterocycles. The van der Waals surface area contributed by atoms with E-state index in [0.29, 0.717) is 0 Å². The Hall–Kier alpha value is -3.21. The van der Waals surface area contributed by atoms with Crippen LogP contribution in [0.5, 0.6) is 0 Å². The van der Waals surface area contributed by atoms with Gasteiger partial charge >= 0.3 is 0 Å². The molecule has 137 valence electrons. The van der Waals surface area contributed by atoms with Crippen LogP contribution in [0.1, 0.15) is 22.3 Å². The van der Waals surface area contributed by atoms with E-state index in [4.69, 9.17) is 0 Å². The van der Waals surface area contributed by atoms with Crippen molar-refractivity contribution in [2.45, 2.75) is 0 Å². The van der Waals surface area contributed by atoms with E-state index in [-0.39, 0.29) is 0 Å². The SMILES string of the molecule is c1ccc([C]2P=C(c3ccccc3)C(c3ccccc3)=C2c2ccccc2)cc1. The summed E-state index contributed by atoms with van der Waals surface area (Å²) in [7, 11) is 1.25. The number of hydrogen-bond donors (Lipinski definition) is 0. The molecule has 4 aromatic carbocycles. The monoisotopic (exact) mass is 387 g/mol. The molecule has 0 saturated heterocycles. The normalized spacial score (nSPS) is 14.7. The molecule has 0 nitrogen and oxygen atoms in total. The third kappa shape index (κ3) is 3.48. The van der Waals surface area contributed by atoms with Crippen LogP contribution in [0.15, 0.2) is 121 Å². The number of rotatable bonds is 4. The zero-order chi connectivity index (χ0) is 19.5. The van der Waals surface area contributed by atoms with E-state index in [2.05, 4.69) is 121 Å². The van der Waals surface area contributed by atoms with Gasteiger partial charge in [0.2, 0.25) is 0 Å². The van der Waals surface area contributed by atoms with Crippen molar-refractivity contribution in [2.24, 2.45) is 0 Å². The second-order valence-corrected chi connectivity index (χ2v) is 8.14. The second-order valence-electron chi connectivity index (χ2n) is 7.02. The molecule has 0 atom stereocenters. The number of hydrogen-bond acceptors (Lipinski definition) is 0. The lowest BCUT2D eigenvalue weighted by molar-refractivity contribution is 1.47. The van der Waals surface area contributed by atoms with Gasteiger partial charge in [-0.2, -0.15) is 0 Å². The Bertz CT molecular complexity index is 1160. The van der Waals surface area contributed by atoms with Crippen molar-refractivity contribution in [3.8, 4) is 0 Å². The lowest BCUT2D eigenvalue weighted by Gasteiger charge is -2.16. The average Bonchev–Trinajstić information content (AvgIpc) is 3.22. The Morgan fingerprint density at radius 3 is 1.21 bits per heavy atom. The molecule has 1 heterocycles. The first kappa shape index (κ1) is 17.9. The Kier molecular flexibility index (Phi) is 4.95. The maximum absolute atomic E-state index is 2.23. The van der Waals surface area contributed by atoms with Crippen LogP contribution >= 0.6 is 8.20 Å². The number of benzene rings is 4. The van der Waals surface area contributed by atoms with E-state index >= 15 is 0 Å². The molecule has 1 heteroatoms. The zero-order valence-corrected chi connectivity index (χ0v) is 16.9. The standard InChI is InChI=1S/C28H20P/c1-5-13-21(14-6-1)25-26(22-15-7-2-8-16-22)28(24-19-11-4-12-20-24)29-27(25)23-17-9-3-10-18-23/h1-20H. The van der Waals surface area contributed by atoms with Crippen molar-refractivity contribution >= 4 is 24.6 Å². The van der Waals surface area contributed by atoms with Gasteiger partial charge in [0, 0.05) is 5.29 Å². The van der Waals surface area contributed by atoms with E-state index in [1.54, 1.807) is 0 Å². The van der Waals surface area contributed by atoms with Crippen LogP contribution in [0.3, 0.4) is 0 Å². The van der Waals surface area contributed by atoms with E-state index in [9.17, 15) is 0 Å². The topological polar surface area (TPSA) is 0 Å². The highest BCUT2D eigenvalue weighted by Crippen LogP contribution is 2.52. The van der Waals surface area contributed by atoms with Gasteiger partial charge in [-0.25, -0.2) is 0 Å². The van der Waals surface area contributed by atoms with E-state index in [1.165, 1.54) is 52.6 Å². The summed E-state index contributed by atoms with van der Waals surface area (Å²) >= 11 is 0. The minimum absolute atomic E-state index is 1.25. The first-order valence-electron chi connectivity index (χ1n) is 9.84. The molecule has 5 rings (SSSR count). The molecule has 0 fully saturated rings. The van der Waals surface area contributed by atoms with Gasteiger partial charge in [-0.15, -0.1) is 0 Å². The van der Waals surface area contributed by atoms with Crippen molar-refractivity contribution in [1.29, 1.82) is 0 Å². The third-order valence-corrected chi connectivity index (χ3v) is 6.58. The maximum Gasteiger partial charge on any atom is 0.0851 e. The van der Waals surface area contributed by atoms with Gasteiger partial charge in [-0.1, -0.05) is 130 Å². The molecule has 0 aliphatic carbocycles. The van der Waals surface area contributed by atoms with Crippen LogP contribution in [0.4, 0.5) is 0 Å². The summed E-state index contributed by atoms with van der Waals surface area (Å²) in [5.74, 6) is 0. The molecular weight excluding hydrogens is 367 g/mol. The molecular formula is C28H20P. The Morgan fingerprint density at radius 1 is 0.345 bits per heavy atom. The molecule has 4 aromatic rings. The number of allylic oxidation sites excluding steroid dienone is 2. The molecule has 0 unspecified atom stereocenters. The minimum Gasteiger partial charge on any atom is -0.0765 e. The van der Waals surface area contributed by atoms with Crippen LogP contribution in [-0.2, 0) is 0 Å². The predicted molar refractivity (Wildman–Crippen MR) is 126 cm³/mol. The van der Waals surface area contributed by atoms with Gasteiger partial charge in [0.15, 0.2) is 0 Å². The summed E-state index contributed by atoms with van der Waals surface area (Å²) in [6.45, 7) is 0. The molecule has 1 aliphatic rings. The highest BCUT2D eigenvalue weighted by Gasteiger charge is 2.31. The maximum atomic E-state index is 2.23. The summed E-state index contributed by atoms with van der Waals surface area (Å²) in [5.41, 5.74) is 9.15. The lowest BCUT2D eigenvalue weighted by Crippen LogP contribution is -2.02. The van der Waals surface area contributed by atoms with Crippen molar-refractivity contribution in [3.05, 3.63) is 149 Å². The quantitative estimate of drug-likeness (QED) is 0.321. The van der Waals surface area contributed by atoms with Gasteiger partial charge < -0.3 is 0 Å². The zero-order valence-electron chi connectivity index (χ0n) is 16.0. The predicted octanol–water partition coefficient (Wildman–Crippen LogP) is 7.36. The van der Waals surface area contributed by atoms with E-state index < -0.39 is 0 Å². The lowest BCUT2D eigenvalue weighted by atomic mass is 9.87. The van der Waals surface area contributed by atoms with Gasteiger partial charge in [0.1, 0.15) is 0 Å². The van der Waals surface area contributed by atoms with Gasteiger partial charge in [-0.05, 0) is 33.4 Å². The Labute approximate surface area is 174 Å². The average molecular weight is 387 g/mol. The molecule has 1 aliphatic heterocycles. The summed E-state index contributed by atoms with van der Waals surface area (Å²) in [6.07, 6.45) is 0. The Balaban J connectivity index is 1.81. The summed E-state index contributed by atoms with van der Waals surface area (Å²) in [6, 6.07) is 43.2. The largest absolute Gasteiger partial charge is 0.0851 e. The molecule has 0 N–H and O–H groups in total. The molecule has 0 amide bonds. The Morgan fingerprint density at radius 2 is 0.724 bits per heavy atom. The highest BCUT2D eigenvalue weighted by molar-refractivity contribution is 7.49. The van der Waals surface area contributed by atoms with E-state index in [0.717, 1.165) is 0 Å². The van der Waals surface area contributed by atoms with Gasteiger partial charge in [-0.3, -0.25) is 0 Å². The van der Waals surface area contributed by atoms with Crippen LogP contribution in [0.25, 0.3) is 11.1 Å². The fourth-order valence-corrected chi connectivity index (χ4v) is 5.33. The van der Waals surface area contributed by atoms with Crippen LogP contribution in [0.2, 0.25) is 0 Å². The summed E-state index contributed by atoms with van der Waals surface area (Å²) in [5, 5.41) is 1.37. The summed E-state index contributed by atoms with van der Waals surface area (Å²) in [4.78, 5) is 0. The van der Waals surface area contributed by atoms with Crippen LogP contribution < -0.4 is 0 Å². The van der Waals surface area contributed by atoms with Crippen LogP contribution in [0, 0.1) is 5.66 Å². The molecule has 0 bridgehead atoms. The minimum atomic E-state index is 1.25. The fourth-order valence-electron chi connectivity index (χ4n) is 3.84. The first-order chi connectivity index (χ1) is 14.4. The van der Waals surface area contributed by atoms with Crippen molar-refractivity contribution in [1.82, 2.24) is 0 Å². The molecule has 0 saturated carbocycles. The smallest absolute Gasteiger partial charge is 0.0765 e. The van der Waals surface area contributed by atoms with Crippen molar-refractivity contribution < 1.29 is 0 Å². The molecule has 29 heavy (non-hydrogen) atoms. The highest BCUT2D eigenvalue weighted by atomic mass is 31.1.